The van der Waals surface area contributed by atoms with Crippen LogP contribution in [0.4, 0.5) is 0 Å². The quantitative estimate of drug-likeness (QED) is 0.0230. The number of allylic oxidation sites excluding steroid dienone is 1. The fraction of sp³-hybridized carbons (Fsp3) is 0.898. The van der Waals surface area contributed by atoms with Crippen molar-refractivity contribution in [2.24, 2.45) is 5.73 Å². The van der Waals surface area contributed by atoms with Gasteiger partial charge in [-0.3, -0.25) is 23.4 Å². The summed E-state index contributed by atoms with van der Waals surface area (Å²) >= 11 is 0. The highest BCUT2D eigenvalue weighted by Gasteiger charge is 2.28. The SMILES string of the molecule is C=CCCCCCCCCCCCCCCCC(=O)OC[C@@H](COP(=O)(O)OC[C@H](N)C(=O)O)OC(=O)CCCCCCCCCCCCCCCCCCCCCCCC. The number of carbonyl (C=O) groups is 3. The lowest BCUT2D eigenvalue weighted by atomic mass is 10.0. The number of hydrogen-bond acceptors (Lipinski definition) is 9. The highest BCUT2D eigenvalue weighted by molar-refractivity contribution is 7.47. The predicted octanol–water partition coefficient (Wildman–Crippen LogP) is 14.0. The highest BCUT2D eigenvalue weighted by atomic mass is 31.2. The van der Waals surface area contributed by atoms with E-state index in [9.17, 15) is 23.8 Å². The average Bonchev–Trinajstić information content (AvgIpc) is 3.24. The molecule has 11 nitrogen and oxygen atoms in total. The van der Waals surface area contributed by atoms with Crippen molar-refractivity contribution in [1.29, 1.82) is 0 Å². The lowest BCUT2D eigenvalue weighted by Gasteiger charge is -2.20. The fourth-order valence-electron chi connectivity index (χ4n) is 7.46. The van der Waals surface area contributed by atoms with Gasteiger partial charge in [-0.05, 0) is 25.7 Å². The van der Waals surface area contributed by atoms with Gasteiger partial charge < -0.3 is 25.2 Å². The van der Waals surface area contributed by atoms with E-state index in [0.717, 1.165) is 44.9 Å². The van der Waals surface area contributed by atoms with Crippen molar-refractivity contribution in [2.45, 2.75) is 263 Å². The minimum atomic E-state index is -4.71. The molecule has 0 aliphatic rings. The Kier molecular flexibility index (Phi) is 43.5. The zero-order valence-corrected chi connectivity index (χ0v) is 40.0. The first-order valence-corrected chi connectivity index (χ1v) is 26.7. The number of carbonyl (C=O) groups excluding carboxylic acids is 2. The van der Waals surface area contributed by atoms with Gasteiger partial charge in [0, 0.05) is 12.8 Å². The van der Waals surface area contributed by atoms with Gasteiger partial charge in [0.2, 0.25) is 0 Å². The molecule has 1 unspecified atom stereocenters. The third-order valence-corrected chi connectivity index (χ3v) is 12.4. The van der Waals surface area contributed by atoms with Crippen LogP contribution in [0, 0.1) is 0 Å². The van der Waals surface area contributed by atoms with E-state index in [0.29, 0.717) is 12.8 Å². The minimum Gasteiger partial charge on any atom is -0.480 e. The largest absolute Gasteiger partial charge is 0.480 e. The van der Waals surface area contributed by atoms with Crippen LogP contribution in [0.2, 0.25) is 0 Å². The fourth-order valence-corrected chi connectivity index (χ4v) is 8.24. The minimum absolute atomic E-state index is 0.167. The molecule has 12 heteroatoms. The van der Waals surface area contributed by atoms with Gasteiger partial charge in [-0.1, -0.05) is 218 Å². The van der Waals surface area contributed by atoms with Gasteiger partial charge in [0.15, 0.2) is 6.10 Å². The van der Waals surface area contributed by atoms with E-state index in [1.54, 1.807) is 0 Å². The molecule has 3 atom stereocenters. The molecule has 0 amide bonds. The van der Waals surface area contributed by atoms with Gasteiger partial charge in [0.25, 0.3) is 0 Å². The zero-order chi connectivity index (χ0) is 44.9. The van der Waals surface area contributed by atoms with Gasteiger partial charge in [-0.25, -0.2) is 4.57 Å². The Morgan fingerprint density at radius 1 is 0.525 bits per heavy atom. The number of carboxylic acids is 1. The average molecular weight is 888 g/mol. The van der Waals surface area contributed by atoms with E-state index in [-0.39, 0.29) is 19.4 Å². The van der Waals surface area contributed by atoms with E-state index in [4.69, 9.17) is 24.8 Å². The molecule has 0 saturated carbocycles. The van der Waals surface area contributed by atoms with Gasteiger partial charge >= 0.3 is 25.7 Å². The summed E-state index contributed by atoms with van der Waals surface area (Å²) in [6.07, 6.45) is 46.0. The lowest BCUT2D eigenvalue weighted by molar-refractivity contribution is -0.161. The summed E-state index contributed by atoms with van der Waals surface area (Å²) in [7, 11) is -4.71. The van der Waals surface area contributed by atoms with Crippen LogP contribution in [0.1, 0.15) is 251 Å². The van der Waals surface area contributed by atoms with Crippen LogP contribution in [-0.2, 0) is 37.5 Å². The lowest BCUT2D eigenvalue weighted by Crippen LogP contribution is -2.34. The Labute approximate surface area is 373 Å². The Morgan fingerprint density at radius 2 is 0.852 bits per heavy atom. The van der Waals surface area contributed by atoms with E-state index in [1.165, 1.54) is 173 Å². The van der Waals surface area contributed by atoms with Crippen LogP contribution in [-0.4, -0.2) is 59.9 Å². The third kappa shape index (κ3) is 44.6. The van der Waals surface area contributed by atoms with Gasteiger partial charge in [-0.15, -0.1) is 6.58 Å². The summed E-state index contributed by atoms with van der Waals surface area (Å²) in [5, 5.41) is 8.91. The maximum absolute atomic E-state index is 12.7. The summed E-state index contributed by atoms with van der Waals surface area (Å²) in [6.45, 7) is 4.38. The second-order valence-electron chi connectivity index (χ2n) is 17.4. The number of phosphoric acid groups is 1. The smallest absolute Gasteiger partial charge is 0.472 e. The summed E-state index contributed by atoms with van der Waals surface area (Å²) < 4.78 is 32.8. The number of phosphoric ester groups is 1. The maximum atomic E-state index is 12.7. The van der Waals surface area contributed by atoms with Gasteiger partial charge in [-0.2, -0.15) is 0 Å². The van der Waals surface area contributed by atoms with Crippen LogP contribution in [0.5, 0.6) is 0 Å². The first kappa shape index (κ1) is 59.2. The molecule has 0 aliphatic heterocycles. The van der Waals surface area contributed by atoms with Crippen molar-refractivity contribution in [3.63, 3.8) is 0 Å². The normalized spacial score (nSPS) is 13.4. The maximum Gasteiger partial charge on any atom is 0.472 e. The second kappa shape index (κ2) is 44.8. The molecule has 4 N–H and O–H groups in total. The van der Waals surface area contributed by atoms with Crippen molar-refractivity contribution in [1.82, 2.24) is 0 Å². The van der Waals surface area contributed by atoms with Crippen molar-refractivity contribution in [3.8, 4) is 0 Å². The number of nitrogens with two attached hydrogens (primary N) is 1. The first-order chi connectivity index (χ1) is 29.6. The molecule has 0 fully saturated rings. The predicted molar refractivity (Wildman–Crippen MR) is 249 cm³/mol. The summed E-state index contributed by atoms with van der Waals surface area (Å²) in [5.41, 5.74) is 5.35. The summed E-state index contributed by atoms with van der Waals surface area (Å²) in [6, 6.07) is -1.52. The van der Waals surface area contributed by atoms with Crippen molar-refractivity contribution in [3.05, 3.63) is 12.7 Å². The highest BCUT2D eigenvalue weighted by Crippen LogP contribution is 2.43. The molecule has 0 bridgehead atoms. The molecule has 0 aromatic carbocycles. The number of hydrogen-bond donors (Lipinski definition) is 3. The molecule has 0 radical (unpaired) electrons. The van der Waals surface area contributed by atoms with E-state index < -0.39 is 51.1 Å². The zero-order valence-electron chi connectivity index (χ0n) is 39.1. The second-order valence-corrected chi connectivity index (χ2v) is 18.9. The van der Waals surface area contributed by atoms with Crippen LogP contribution in [0.3, 0.4) is 0 Å². The summed E-state index contributed by atoms with van der Waals surface area (Å²) in [5.74, 6) is -2.36. The van der Waals surface area contributed by atoms with E-state index in [2.05, 4.69) is 18.0 Å². The van der Waals surface area contributed by atoms with E-state index in [1.807, 2.05) is 6.08 Å². The third-order valence-electron chi connectivity index (χ3n) is 11.4. The number of aliphatic carboxylic acids is 1. The molecule has 0 spiro atoms. The van der Waals surface area contributed by atoms with Crippen LogP contribution in [0.25, 0.3) is 0 Å². The number of esters is 2. The summed E-state index contributed by atoms with van der Waals surface area (Å²) in [4.78, 5) is 46.1. The van der Waals surface area contributed by atoms with E-state index >= 15 is 0 Å². The molecule has 0 aromatic heterocycles. The van der Waals surface area contributed by atoms with Crippen LogP contribution in [0.15, 0.2) is 12.7 Å². The van der Waals surface area contributed by atoms with Gasteiger partial charge in [0.05, 0.1) is 13.2 Å². The number of rotatable bonds is 49. The van der Waals surface area contributed by atoms with Crippen LogP contribution >= 0.6 is 7.82 Å². The number of ether oxygens (including phenoxy) is 2. The van der Waals surface area contributed by atoms with Crippen molar-refractivity contribution >= 4 is 25.7 Å². The Bertz CT molecular complexity index is 1080. The topological polar surface area (TPSA) is 172 Å². The van der Waals surface area contributed by atoms with Crippen molar-refractivity contribution < 1.29 is 47.5 Å². The number of carboxylic acid groups (broad SMARTS) is 1. The molecular formula is C49H94NO10P. The molecule has 0 rings (SSSR count). The van der Waals surface area contributed by atoms with Gasteiger partial charge in [0.1, 0.15) is 12.6 Å². The van der Waals surface area contributed by atoms with Crippen molar-refractivity contribution in [2.75, 3.05) is 19.8 Å². The molecule has 0 heterocycles. The number of unbranched alkanes of at least 4 members (excludes halogenated alkanes) is 34. The Hall–Kier alpha value is -1.78. The monoisotopic (exact) mass is 888 g/mol. The molecule has 0 aromatic rings. The van der Waals surface area contributed by atoms with Crippen LogP contribution < -0.4 is 5.73 Å². The molecule has 61 heavy (non-hydrogen) atoms. The Morgan fingerprint density at radius 3 is 1.21 bits per heavy atom. The standard InChI is InChI=1S/C49H94NO10P/c1-3-5-7-9-11-13-15-17-19-20-21-22-23-24-25-27-29-31-33-35-37-39-41-48(52)60-45(43-58-61(55,56)59-44-46(50)49(53)54)42-57-47(51)40-38-36-34-32-30-28-26-18-16-14-12-10-8-6-4-2/h4,45-46H,2-3,5-44,50H2,1H3,(H,53,54)(H,55,56)/t45-,46-/m0/s1. The molecular weight excluding hydrogens is 794 g/mol. The first-order valence-electron chi connectivity index (χ1n) is 25.2. The molecule has 0 saturated heterocycles. The molecule has 0 aliphatic carbocycles. The Balaban J connectivity index is 4.18. The molecule has 360 valence electrons.